The van der Waals surface area contributed by atoms with Gasteiger partial charge in [-0.2, -0.15) is 0 Å². The van der Waals surface area contributed by atoms with Gasteiger partial charge in [0.25, 0.3) is 0 Å². The van der Waals surface area contributed by atoms with E-state index in [0.717, 1.165) is 12.0 Å². The van der Waals surface area contributed by atoms with E-state index in [4.69, 9.17) is 0 Å². The predicted molar refractivity (Wildman–Crippen MR) is 37.5 cm³/mol. The van der Waals surface area contributed by atoms with E-state index in [1.165, 1.54) is 6.08 Å². The van der Waals surface area contributed by atoms with Crippen molar-refractivity contribution in [1.29, 1.82) is 0 Å². The largest absolute Gasteiger partial charge is 0.299 e. The Kier molecular flexibility index (Phi) is 2.15. The molecule has 0 aromatic rings. The first-order valence-electron chi connectivity index (χ1n) is 3.18. The number of rotatable bonds is 2. The Morgan fingerprint density at radius 3 is 2.70 bits per heavy atom. The summed E-state index contributed by atoms with van der Waals surface area (Å²) in [6, 6.07) is 0. The van der Waals surface area contributed by atoms with Crippen molar-refractivity contribution in [1.82, 2.24) is 0 Å². The van der Waals surface area contributed by atoms with E-state index in [-0.39, 0.29) is 5.78 Å². The summed E-state index contributed by atoms with van der Waals surface area (Å²) in [5.41, 5.74) is 0.956. The highest BCUT2D eigenvalue weighted by Gasteiger charge is 2.08. The SMILES string of the molecule is O=C/C=C/C1=CC(=O)CC1. The van der Waals surface area contributed by atoms with Crippen LogP contribution in [-0.4, -0.2) is 12.1 Å². The zero-order valence-electron chi connectivity index (χ0n) is 5.54. The van der Waals surface area contributed by atoms with Crippen molar-refractivity contribution in [2.24, 2.45) is 0 Å². The first kappa shape index (κ1) is 6.93. The van der Waals surface area contributed by atoms with E-state index in [2.05, 4.69) is 0 Å². The van der Waals surface area contributed by atoms with Gasteiger partial charge in [-0.3, -0.25) is 9.59 Å². The molecule has 0 heterocycles. The molecule has 0 fully saturated rings. The average Bonchev–Trinajstić information content (AvgIpc) is 2.31. The van der Waals surface area contributed by atoms with Crippen molar-refractivity contribution in [3.8, 4) is 0 Å². The van der Waals surface area contributed by atoms with Gasteiger partial charge in [0.2, 0.25) is 0 Å². The molecule has 2 heteroatoms. The second-order valence-corrected chi connectivity index (χ2v) is 2.18. The number of hydrogen-bond acceptors (Lipinski definition) is 2. The molecular weight excluding hydrogens is 128 g/mol. The van der Waals surface area contributed by atoms with Crippen LogP contribution in [0.25, 0.3) is 0 Å². The average molecular weight is 136 g/mol. The van der Waals surface area contributed by atoms with Crippen molar-refractivity contribution < 1.29 is 9.59 Å². The van der Waals surface area contributed by atoms with Crippen LogP contribution in [0.15, 0.2) is 23.8 Å². The summed E-state index contributed by atoms with van der Waals surface area (Å²) in [6.07, 6.45) is 6.76. The van der Waals surface area contributed by atoms with Crippen LogP contribution < -0.4 is 0 Å². The molecule has 0 unspecified atom stereocenters. The fraction of sp³-hybridized carbons (Fsp3) is 0.250. The third-order valence-corrected chi connectivity index (χ3v) is 1.40. The normalized spacial score (nSPS) is 18.0. The lowest BCUT2D eigenvalue weighted by atomic mass is 10.2. The monoisotopic (exact) mass is 136 g/mol. The molecule has 0 amide bonds. The summed E-state index contributed by atoms with van der Waals surface area (Å²) in [5, 5.41) is 0. The summed E-state index contributed by atoms with van der Waals surface area (Å²) in [5.74, 6) is 0.158. The molecule has 52 valence electrons. The Morgan fingerprint density at radius 2 is 2.20 bits per heavy atom. The Labute approximate surface area is 59.2 Å². The van der Waals surface area contributed by atoms with E-state index in [1.807, 2.05) is 0 Å². The van der Waals surface area contributed by atoms with Gasteiger partial charge in [-0.05, 0) is 24.1 Å². The standard InChI is InChI=1S/C8H8O2/c9-5-1-2-7-3-4-8(10)6-7/h1-2,5-6H,3-4H2/b2-1+. The molecular formula is C8H8O2. The lowest BCUT2D eigenvalue weighted by Crippen LogP contribution is -1.80. The summed E-state index contributed by atoms with van der Waals surface area (Å²) >= 11 is 0. The summed E-state index contributed by atoms with van der Waals surface area (Å²) in [7, 11) is 0. The van der Waals surface area contributed by atoms with Gasteiger partial charge in [-0.1, -0.05) is 6.08 Å². The van der Waals surface area contributed by atoms with Crippen LogP contribution in [0.4, 0.5) is 0 Å². The molecule has 1 aliphatic carbocycles. The second-order valence-electron chi connectivity index (χ2n) is 2.18. The minimum Gasteiger partial charge on any atom is -0.299 e. The van der Waals surface area contributed by atoms with Gasteiger partial charge in [0, 0.05) is 6.42 Å². The number of allylic oxidation sites excluding steroid dienone is 4. The van der Waals surface area contributed by atoms with Crippen molar-refractivity contribution >= 4 is 12.1 Å². The first-order chi connectivity index (χ1) is 4.83. The van der Waals surface area contributed by atoms with E-state index >= 15 is 0 Å². The van der Waals surface area contributed by atoms with Crippen LogP contribution in [0.2, 0.25) is 0 Å². The van der Waals surface area contributed by atoms with Gasteiger partial charge in [0.1, 0.15) is 6.29 Å². The maximum Gasteiger partial charge on any atom is 0.156 e. The van der Waals surface area contributed by atoms with Gasteiger partial charge in [0.15, 0.2) is 5.78 Å². The van der Waals surface area contributed by atoms with Crippen molar-refractivity contribution in [2.45, 2.75) is 12.8 Å². The topological polar surface area (TPSA) is 34.1 Å². The minimum absolute atomic E-state index is 0.158. The number of carbonyl (C=O) groups excluding carboxylic acids is 2. The van der Waals surface area contributed by atoms with Gasteiger partial charge in [0.05, 0.1) is 0 Å². The van der Waals surface area contributed by atoms with Crippen LogP contribution in [-0.2, 0) is 9.59 Å². The molecule has 0 aromatic carbocycles. The molecule has 0 aromatic heterocycles. The van der Waals surface area contributed by atoms with Gasteiger partial charge >= 0.3 is 0 Å². The van der Waals surface area contributed by atoms with Crippen LogP contribution in [0, 0.1) is 0 Å². The summed E-state index contributed by atoms with van der Waals surface area (Å²) < 4.78 is 0. The van der Waals surface area contributed by atoms with Gasteiger partial charge in [-0.15, -0.1) is 0 Å². The molecule has 0 aliphatic heterocycles. The molecule has 10 heavy (non-hydrogen) atoms. The number of carbonyl (C=O) groups is 2. The highest BCUT2D eigenvalue weighted by molar-refractivity contribution is 5.93. The molecule has 1 aliphatic rings. The molecule has 0 atom stereocenters. The zero-order valence-corrected chi connectivity index (χ0v) is 5.54. The molecule has 2 nitrogen and oxygen atoms in total. The number of ketones is 1. The second kappa shape index (κ2) is 3.11. The Morgan fingerprint density at radius 1 is 1.40 bits per heavy atom. The number of hydrogen-bond donors (Lipinski definition) is 0. The maximum absolute atomic E-state index is 10.6. The number of aldehydes is 1. The van der Waals surface area contributed by atoms with Crippen LogP contribution in [0.3, 0.4) is 0 Å². The molecule has 1 rings (SSSR count). The van der Waals surface area contributed by atoms with E-state index in [9.17, 15) is 9.59 Å². The van der Waals surface area contributed by atoms with E-state index in [0.29, 0.717) is 12.7 Å². The first-order valence-corrected chi connectivity index (χ1v) is 3.18. The van der Waals surface area contributed by atoms with E-state index < -0.39 is 0 Å². The third-order valence-electron chi connectivity index (χ3n) is 1.40. The molecule has 0 saturated heterocycles. The van der Waals surface area contributed by atoms with Crippen molar-refractivity contribution in [2.75, 3.05) is 0 Å². The van der Waals surface area contributed by atoms with Crippen LogP contribution in [0.5, 0.6) is 0 Å². The Bertz CT molecular complexity index is 211. The predicted octanol–water partition coefficient (Wildman–Crippen LogP) is 1.03. The highest BCUT2D eigenvalue weighted by Crippen LogP contribution is 2.15. The molecule has 0 spiro atoms. The van der Waals surface area contributed by atoms with E-state index in [1.54, 1.807) is 12.2 Å². The zero-order chi connectivity index (χ0) is 7.40. The van der Waals surface area contributed by atoms with Crippen LogP contribution in [0.1, 0.15) is 12.8 Å². The molecule has 0 saturated carbocycles. The molecule has 0 radical (unpaired) electrons. The highest BCUT2D eigenvalue weighted by atomic mass is 16.1. The van der Waals surface area contributed by atoms with Gasteiger partial charge < -0.3 is 0 Å². The molecule has 0 N–H and O–H groups in total. The molecule has 0 bridgehead atoms. The fourth-order valence-electron chi connectivity index (χ4n) is 0.913. The fourth-order valence-corrected chi connectivity index (χ4v) is 0.913. The quantitative estimate of drug-likeness (QED) is 0.419. The summed E-state index contributed by atoms with van der Waals surface area (Å²) in [6.45, 7) is 0. The lowest BCUT2D eigenvalue weighted by molar-refractivity contribution is -0.114. The van der Waals surface area contributed by atoms with Crippen LogP contribution >= 0.6 is 0 Å². The third kappa shape index (κ3) is 1.65. The maximum atomic E-state index is 10.6. The Hall–Kier alpha value is -1.18. The Balaban J connectivity index is 2.58. The lowest BCUT2D eigenvalue weighted by Gasteiger charge is -1.84. The minimum atomic E-state index is 0.158. The van der Waals surface area contributed by atoms with Gasteiger partial charge in [-0.25, -0.2) is 0 Å². The van der Waals surface area contributed by atoms with Crippen molar-refractivity contribution in [3.05, 3.63) is 23.8 Å². The summed E-state index contributed by atoms with van der Waals surface area (Å²) in [4.78, 5) is 20.5. The van der Waals surface area contributed by atoms with Crippen molar-refractivity contribution in [3.63, 3.8) is 0 Å². The smallest absolute Gasteiger partial charge is 0.156 e.